The first-order valence-electron chi connectivity index (χ1n) is 5.98. The Balaban J connectivity index is 1.74. The van der Waals surface area contributed by atoms with Gasteiger partial charge in [-0.3, -0.25) is 9.89 Å². The number of carbonyl (C=O) groups is 1. The maximum atomic E-state index is 11.6. The van der Waals surface area contributed by atoms with E-state index in [1.165, 1.54) is 6.33 Å². The zero-order chi connectivity index (χ0) is 12.1. The van der Waals surface area contributed by atoms with Crippen LogP contribution in [0, 0.1) is 5.92 Å². The lowest BCUT2D eigenvalue weighted by Gasteiger charge is -2.06. The summed E-state index contributed by atoms with van der Waals surface area (Å²) in [6.45, 7) is 2.14. The summed E-state index contributed by atoms with van der Waals surface area (Å²) in [5.41, 5.74) is 0. The van der Waals surface area contributed by atoms with Crippen molar-refractivity contribution >= 4 is 17.7 Å². The number of nitrogens with zero attached hydrogens (tertiary/aromatic N) is 2. The van der Waals surface area contributed by atoms with E-state index in [0.29, 0.717) is 0 Å². The number of unbranched alkanes of at least 4 members (excludes halogenated alkanes) is 1. The van der Waals surface area contributed by atoms with Gasteiger partial charge in [0.2, 0.25) is 0 Å². The number of aromatic amines is 1. The fourth-order valence-electron chi connectivity index (χ4n) is 1.95. The molecule has 2 rings (SSSR count). The largest absolute Gasteiger partial charge is 0.461 e. The molecule has 1 aliphatic heterocycles. The molecule has 0 radical (unpaired) electrons. The van der Waals surface area contributed by atoms with Crippen LogP contribution < -0.4 is 0 Å². The first-order chi connectivity index (χ1) is 8.29. The van der Waals surface area contributed by atoms with Crippen molar-refractivity contribution < 1.29 is 9.53 Å². The summed E-state index contributed by atoms with van der Waals surface area (Å²) in [6, 6.07) is 0. The van der Waals surface area contributed by atoms with E-state index < -0.39 is 0 Å². The van der Waals surface area contributed by atoms with Gasteiger partial charge in [0.15, 0.2) is 5.16 Å². The van der Waals surface area contributed by atoms with E-state index in [9.17, 15) is 4.79 Å². The van der Waals surface area contributed by atoms with Gasteiger partial charge >= 0.3 is 5.97 Å². The number of cyclic esters (lactones) is 1. The van der Waals surface area contributed by atoms with E-state index in [1.807, 2.05) is 0 Å². The Hall–Kier alpha value is -1.04. The second-order valence-corrected chi connectivity index (χ2v) is 5.24. The predicted molar refractivity (Wildman–Crippen MR) is 64.6 cm³/mol. The molecule has 0 aromatic carbocycles. The number of thioether (sulfide) groups is 1. The average Bonchev–Trinajstić information content (AvgIpc) is 2.93. The molecule has 1 N–H and O–H groups in total. The molecule has 0 aliphatic carbocycles. The van der Waals surface area contributed by atoms with Crippen molar-refractivity contribution in [2.45, 2.75) is 43.9 Å². The Bertz CT molecular complexity index is 356. The van der Waals surface area contributed by atoms with Gasteiger partial charge in [-0.2, -0.15) is 5.10 Å². The minimum Gasteiger partial charge on any atom is -0.461 e. The number of H-pyrrole nitrogens is 1. The number of esters is 1. The Labute approximate surface area is 105 Å². The Kier molecular flexibility index (Phi) is 4.42. The standard InChI is InChI=1S/C11H17N3O2S/c1-2-3-4-8-5-9(16-10(8)15)6-17-11-12-7-13-14-11/h7-9H,2-6H2,1H3,(H,12,13,14)/t8-,9-/m0/s1. The summed E-state index contributed by atoms with van der Waals surface area (Å²) in [4.78, 5) is 15.6. The van der Waals surface area contributed by atoms with Crippen LogP contribution in [-0.2, 0) is 9.53 Å². The van der Waals surface area contributed by atoms with Gasteiger partial charge in [-0.15, -0.1) is 0 Å². The molecule has 17 heavy (non-hydrogen) atoms. The Morgan fingerprint density at radius 2 is 2.53 bits per heavy atom. The van der Waals surface area contributed by atoms with E-state index in [2.05, 4.69) is 22.1 Å². The molecule has 0 saturated carbocycles. The molecule has 1 aromatic rings. The topological polar surface area (TPSA) is 67.9 Å². The zero-order valence-electron chi connectivity index (χ0n) is 9.89. The summed E-state index contributed by atoms with van der Waals surface area (Å²) in [5.74, 6) is 0.834. The van der Waals surface area contributed by atoms with Crippen LogP contribution in [0.25, 0.3) is 0 Å². The highest BCUT2D eigenvalue weighted by molar-refractivity contribution is 7.99. The van der Waals surface area contributed by atoms with Crippen LogP contribution in [0.4, 0.5) is 0 Å². The second-order valence-electron chi connectivity index (χ2n) is 4.24. The third kappa shape index (κ3) is 3.46. The molecular formula is C11H17N3O2S. The van der Waals surface area contributed by atoms with Crippen molar-refractivity contribution in [2.75, 3.05) is 5.75 Å². The summed E-state index contributed by atoms with van der Waals surface area (Å²) < 4.78 is 5.35. The minimum absolute atomic E-state index is 0.0263. The Morgan fingerprint density at radius 3 is 3.24 bits per heavy atom. The number of carbonyl (C=O) groups excluding carboxylic acids is 1. The number of aromatic nitrogens is 3. The lowest BCUT2D eigenvalue weighted by molar-refractivity contribution is -0.143. The molecule has 1 fully saturated rings. The van der Waals surface area contributed by atoms with E-state index >= 15 is 0 Å². The maximum absolute atomic E-state index is 11.6. The van der Waals surface area contributed by atoms with Crippen molar-refractivity contribution in [3.63, 3.8) is 0 Å². The van der Waals surface area contributed by atoms with Crippen LogP contribution in [-0.4, -0.2) is 33.0 Å². The van der Waals surface area contributed by atoms with E-state index in [0.717, 1.165) is 36.6 Å². The summed E-state index contributed by atoms with van der Waals surface area (Å²) in [6.07, 6.45) is 5.54. The SMILES string of the molecule is CCCC[C@H]1C[C@@H](CSc2ncn[nH]2)OC1=O. The molecule has 0 spiro atoms. The molecule has 0 amide bonds. The van der Waals surface area contributed by atoms with Crippen LogP contribution in [0.1, 0.15) is 32.6 Å². The summed E-state index contributed by atoms with van der Waals surface area (Å²) in [7, 11) is 0. The van der Waals surface area contributed by atoms with E-state index in [1.54, 1.807) is 11.8 Å². The first kappa shape index (κ1) is 12.4. The molecular weight excluding hydrogens is 238 g/mol. The van der Waals surface area contributed by atoms with Crippen molar-refractivity contribution in [2.24, 2.45) is 5.92 Å². The van der Waals surface area contributed by atoms with Gasteiger partial charge in [0.05, 0.1) is 5.92 Å². The van der Waals surface area contributed by atoms with Crippen molar-refractivity contribution in [3.8, 4) is 0 Å². The van der Waals surface area contributed by atoms with Gasteiger partial charge < -0.3 is 4.74 Å². The van der Waals surface area contributed by atoms with Crippen molar-refractivity contribution in [3.05, 3.63) is 6.33 Å². The highest BCUT2D eigenvalue weighted by atomic mass is 32.2. The number of rotatable bonds is 6. The minimum atomic E-state index is -0.0263. The summed E-state index contributed by atoms with van der Waals surface area (Å²) in [5, 5.41) is 7.33. The molecule has 1 aromatic heterocycles. The first-order valence-corrected chi connectivity index (χ1v) is 6.96. The number of nitrogens with one attached hydrogen (secondary N) is 1. The molecule has 0 bridgehead atoms. The van der Waals surface area contributed by atoms with Crippen LogP contribution in [0.2, 0.25) is 0 Å². The fraction of sp³-hybridized carbons (Fsp3) is 0.727. The van der Waals surface area contributed by atoms with E-state index in [4.69, 9.17) is 4.74 Å². The predicted octanol–water partition coefficient (Wildman–Crippen LogP) is 2.02. The smallest absolute Gasteiger partial charge is 0.309 e. The summed E-state index contributed by atoms with van der Waals surface area (Å²) >= 11 is 1.55. The number of ether oxygens (including phenoxy) is 1. The van der Waals surface area contributed by atoms with Crippen molar-refractivity contribution in [1.29, 1.82) is 0 Å². The second kappa shape index (κ2) is 6.05. The molecule has 2 atom stereocenters. The van der Waals surface area contributed by atoms with Gasteiger partial charge in [-0.1, -0.05) is 31.5 Å². The highest BCUT2D eigenvalue weighted by Crippen LogP contribution is 2.28. The van der Waals surface area contributed by atoms with Gasteiger partial charge in [0.1, 0.15) is 12.4 Å². The van der Waals surface area contributed by atoms with Gasteiger partial charge in [0, 0.05) is 5.75 Å². The molecule has 2 heterocycles. The normalized spacial score (nSPS) is 23.9. The van der Waals surface area contributed by atoms with Gasteiger partial charge in [0.25, 0.3) is 0 Å². The maximum Gasteiger partial charge on any atom is 0.309 e. The lowest BCUT2D eigenvalue weighted by Crippen LogP contribution is -2.09. The zero-order valence-corrected chi connectivity index (χ0v) is 10.7. The van der Waals surface area contributed by atoms with Crippen LogP contribution in [0.15, 0.2) is 11.5 Å². The van der Waals surface area contributed by atoms with Crippen LogP contribution in [0.5, 0.6) is 0 Å². The van der Waals surface area contributed by atoms with Crippen LogP contribution in [0.3, 0.4) is 0 Å². The number of hydrogen-bond acceptors (Lipinski definition) is 5. The third-order valence-electron chi connectivity index (χ3n) is 2.87. The molecule has 0 unspecified atom stereocenters. The van der Waals surface area contributed by atoms with E-state index in [-0.39, 0.29) is 18.0 Å². The fourth-order valence-corrected chi connectivity index (χ4v) is 2.73. The molecule has 6 heteroatoms. The molecule has 5 nitrogen and oxygen atoms in total. The quantitative estimate of drug-likeness (QED) is 0.622. The number of hydrogen-bond donors (Lipinski definition) is 1. The third-order valence-corrected chi connectivity index (χ3v) is 3.88. The molecule has 94 valence electrons. The molecule has 1 saturated heterocycles. The van der Waals surface area contributed by atoms with Crippen molar-refractivity contribution in [1.82, 2.24) is 15.2 Å². The Morgan fingerprint density at radius 1 is 1.65 bits per heavy atom. The van der Waals surface area contributed by atoms with Gasteiger partial charge in [-0.05, 0) is 12.8 Å². The monoisotopic (exact) mass is 255 g/mol. The molecule has 1 aliphatic rings. The van der Waals surface area contributed by atoms with Crippen LogP contribution >= 0.6 is 11.8 Å². The average molecular weight is 255 g/mol. The lowest BCUT2D eigenvalue weighted by atomic mass is 9.99. The van der Waals surface area contributed by atoms with Gasteiger partial charge in [-0.25, -0.2) is 4.98 Å². The highest BCUT2D eigenvalue weighted by Gasteiger charge is 2.33.